The van der Waals surface area contributed by atoms with Crippen LogP contribution in [0.15, 0.2) is 41.5 Å². The number of ether oxygens (including phenoxy) is 3. The Morgan fingerprint density at radius 2 is 2.00 bits per heavy atom. The molecule has 0 bridgehead atoms. The van der Waals surface area contributed by atoms with Crippen molar-refractivity contribution in [3.8, 4) is 17.2 Å². The van der Waals surface area contributed by atoms with E-state index in [1.165, 1.54) is 0 Å². The van der Waals surface area contributed by atoms with E-state index in [-0.39, 0.29) is 0 Å². The van der Waals surface area contributed by atoms with E-state index in [9.17, 15) is 0 Å². The van der Waals surface area contributed by atoms with Gasteiger partial charge in [0, 0.05) is 12.1 Å². The van der Waals surface area contributed by atoms with Crippen molar-refractivity contribution in [3.05, 3.63) is 52.5 Å². The van der Waals surface area contributed by atoms with Crippen LogP contribution < -0.4 is 25.0 Å². The fraction of sp³-hybridized carbons (Fsp3) is 0.333. The number of para-hydroxylation sites is 1. The highest BCUT2D eigenvalue weighted by Crippen LogP contribution is 2.29. The van der Waals surface area contributed by atoms with Crippen LogP contribution in [0, 0.1) is 0 Å². The summed E-state index contributed by atoms with van der Waals surface area (Å²) in [5.41, 5.74) is 4.54. The summed E-state index contributed by atoms with van der Waals surface area (Å²) in [6.45, 7) is 3.30. The van der Waals surface area contributed by atoms with E-state index in [4.69, 9.17) is 38.0 Å². The molecular formula is C21H26ClN3O3S. The van der Waals surface area contributed by atoms with Gasteiger partial charge in [0.05, 0.1) is 32.1 Å². The van der Waals surface area contributed by atoms with Gasteiger partial charge in [0.1, 0.15) is 5.75 Å². The number of methoxy groups -OCH3 is 2. The summed E-state index contributed by atoms with van der Waals surface area (Å²) in [5.74, 6) is 1.94. The zero-order chi connectivity index (χ0) is 21.1. The van der Waals surface area contributed by atoms with Gasteiger partial charge in [-0.25, -0.2) is 0 Å². The molecule has 0 spiro atoms. The highest BCUT2D eigenvalue weighted by Gasteiger charge is 2.07. The van der Waals surface area contributed by atoms with Gasteiger partial charge in [0.15, 0.2) is 16.6 Å². The Morgan fingerprint density at radius 3 is 2.69 bits per heavy atom. The molecule has 0 aliphatic carbocycles. The van der Waals surface area contributed by atoms with Gasteiger partial charge < -0.3 is 19.5 Å². The molecule has 29 heavy (non-hydrogen) atoms. The van der Waals surface area contributed by atoms with Gasteiger partial charge in [0.25, 0.3) is 0 Å². The third kappa shape index (κ3) is 7.11. The number of benzene rings is 2. The Morgan fingerprint density at radius 1 is 1.17 bits per heavy atom. The fourth-order valence-electron chi connectivity index (χ4n) is 2.49. The van der Waals surface area contributed by atoms with Crippen LogP contribution in [0.3, 0.4) is 0 Å². The number of thiocarbonyl (C=S) groups is 1. The first kappa shape index (κ1) is 22.8. The molecule has 0 fully saturated rings. The molecule has 2 aromatic carbocycles. The number of hydrogen-bond acceptors (Lipinski definition) is 5. The lowest BCUT2D eigenvalue weighted by Gasteiger charge is -2.11. The van der Waals surface area contributed by atoms with Crippen LogP contribution in [0.4, 0.5) is 0 Å². The van der Waals surface area contributed by atoms with E-state index >= 15 is 0 Å². The van der Waals surface area contributed by atoms with Crippen molar-refractivity contribution in [1.29, 1.82) is 0 Å². The van der Waals surface area contributed by atoms with Crippen LogP contribution in [0.1, 0.15) is 30.9 Å². The summed E-state index contributed by atoms with van der Waals surface area (Å²) < 4.78 is 16.3. The van der Waals surface area contributed by atoms with Crippen LogP contribution in [0.2, 0.25) is 5.02 Å². The summed E-state index contributed by atoms with van der Waals surface area (Å²) in [6.07, 6.45) is 3.70. The van der Waals surface area contributed by atoms with E-state index in [1.807, 2.05) is 36.4 Å². The van der Waals surface area contributed by atoms with Crippen LogP contribution in [0.5, 0.6) is 17.2 Å². The maximum atomic E-state index is 6.28. The van der Waals surface area contributed by atoms with Crippen LogP contribution in [-0.2, 0) is 6.54 Å². The Bertz CT molecular complexity index is 846. The molecule has 0 amide bonds. The standard InChI is InChI=1S/C21H26ClN3O3S/c1-4-5-11-28-18-10-9-15(12-17(18)22)13-23-21(29)25-24-14-16-7-6-8-19(26-2)20(16)27-3/h6-10,12,14H,4-5,11,13H2,1-3H3,(H2,23,25,29)/b24-14+. The minimum atomic E-state index is 0.391. The molecule has 0 radical (unpaired) electrons. The normalized spacial score (nSPS) is 10.6. The lowest BCUT2D eigenvalue weighted by Crippen LogP contribution is -2.31. The maximum Gasteiger partial charge on any atom is 0.187 e. The molecule has 0 aliphatic heterocycles. The molecular weight excluding hydrogens is 410 g/mol. The molecule has 2 rings (SSSR count). The number of hydrogen-bond donors (Lipinski definition) is 2. The van der Waals surface area contributed by atoms with Crippen molar-refractivity contribution in [2.45, 2.75) is 26.3 Å². The lowest BCUT2D eigenvalue weighted by atomic mass is 10.2. The third-order valence-corrected chi connectivity index (χ3v) is 4.54. The predicted octanol–water partition coefficient (Wildman–Crippen LogP) is 4.53. The smallest absolute Gasteiger partial charge is 0.187 e. The van der Waals surface area contributed by atoms with Crippen molar-refractivity contribution in [2.24, 2.45) is 5.10 Å². The molecule has 0 aliphatic rings. The molecule has 0 unspecified atom stereocenters. The Hall–Kier alpha value is -2.51. The summed E-state index contributed by atoms with van der Waals surface area (Å²) in [7, 11) is 3.17. The number of nitrogens with one attached hydrogen (secondary N) is 2. The Labute approximate surface area is 182 Å². The molecule has 0 saturated carbocycles. The van der Waals surface area contributed by atoms with Gasteiger partial charge >= 0.3 is 0 Å². The van der Waals surface area contributed by atoms with E-state index in [1.54, 1.807) is 20.4 Å². The lowest BCUT2D eigenvalue weighted by molar-refractivity contribution is 0.309. The molecule has 0 aromatic heterocycles. The molecule has 2 N–H and O–H groups in total. The van der Waals surface area contributed by atoms with Crippen molar-refractivity contribution in [3.63, 3.8) is 0 Å². The van der Waals surface area contributed by atoms with E-state index < -0.39 is 0 Å². The molecule has 0 saturated heterocycles. The van der Waals surface area contributed by atoms with Crippen LogP contribution in [0.25, 0.3) is 0 Å². The monoisotopic (exact) mass is 435 g/mol. The maximum absolute atomic E-state index is 6.28. The molecule has 8 heteroatoms. The second-order valence-corrected chi connectivity index (χ2v) is 6.92. The van der Waals surface area contributed by atoms with Crippen molar-refractivity contribution < 1.29 is 14.2 Å². The van der Waals surface area contributed by atoms with E-state index in [0.29, 0.717) is 40.5 Å². The quantitative estimate of drug-likeness (QED) is 0.247. The summed E-state index contributed by atoms with van der Waals surface area (Å²) in [4.78, 5) is 0. The van der Waals surface area contributed by atoms with Crippen molar-refractivity contribution >= 4 is 35.1 Å². The Balaban J connectivity index is 1.86. The van der Waals surface area contributed by atoms with Crippen molar-refractivity contribution in [2.75, 3.05) is 20.8 Å². The minimum Gasteiger partial charge on any atom is -0.493 e. The summed E-state index contributed by atoms with van der Waals surface area (Å²) in [5, 5.41) is 8.21. The first-order valence-corrected chi connectivity index (χ1v) is 10.1. The minimum absolute atomic E-state index is 0.391. The second kappa shape index (κ2) is 12.1. The number of halogens is 1. The van der Waals surface area contributed by atoms with Crippen LogP contribution in [-0.4, -0.2) is 32.2 Å². The zero-order valence-electron chi connectivity index (χ0n) is 16.8. The first-order valence-electron chi connectivity index (χ1n) is 9.28. The summed E-state index contributed by atoms with van der Waals surface area (Å²) in [6, 6.07) is 11.2. The summed E-state index contributed by atoms with van der Waals surface area (Å²) >= 11 is 11.5. The van der Waals surface area contributed by atoms with Gasteiger partial charge in [-0.3, -0.25) is 5.43 Å². The molecule has 6 nitrogen and oxygen atoms in total. The largest absolute Gasteiger partial charge is 0.493 e. The van der Waals surface area contributed by atoms with Crippen molar-refractivity contribution in [1.82, 2.24) is 10.7 Å². The fourth-order valence-corrected chi connectivity index (χ4v) is 2.88. The van der Waals surface area contributed by atoms with Gasteiger partial charge in [0.2, 0.25) is 0 Å². The van der Waals surface area contributed by atoms with Gasteiger partial charge in [-0.1, -0.05) is 37.1 Å². The van der Waals surface area contributed by atoms with Gasteiger partial charge in [-0.05, 0) is 48.5 Å². The molecule has 2 aromatic rings. The van der Waals surface area contributed by atoms with Gasteiger partial charge in [-0.15, -0.1) is 0 Å². The number of rotatable bonds is 10. The average molecular weight is 436 g/mol. The highest BCUT2D eigenvalue weighted by atomic mass is 35.5. The van der Waals surface area contributed by atoms with Crippen LogP contribution >= 0.6 is 23.8 Å². The molecule has 0 atom stereocenters. The number of unbranched alkanes of at least 4 members (excludes halogenated alkanes) is 1. The average Bonchev–Trinajstić information content (AvgIpc) is 2.73. The zero-order valence-corrected chi connectivity index (χ0v) is 18.4. The second-order valence-electron chi connectivity index (χ2n) is 6.10. The molecule has 156 valence electrons. The third-order valence-electron chi connectivity index (χ3n) is 4.01. The molecule has 0 heterocycles. The predicted molar refractivity (Wildman–Crippen MR) is 122 cm³/mol. The number of hydrazone groups is 1. The topological polar surface area (TPSA) is 64.1 Å². The first-order chi connectivity index (χ1) is 14.1. The van der Waals surface area contributed by atoms with E-state index in [2.05, 4.69) is 22.8 Å². The number of nitrogens with zero attached hydrogens (tertiary/aromatic N) is 1. The SMILES string of the molecule is CCCCOc1ccc(CNC(=S)N/N=C/c2cccc(OC)c2OC)cc1Cl. The van der Waals surface area contributed by atoms with Gasteiger partial charge in [-0.2, -0.15) is 5.10 Å². The highest BCUT2D eigenvalue weighted by molar-refractivity contribution is 7.80. The van der Waals surface area contributed by atoms with E-state index in [0.717, 1.165) is 24.0 Å². The Kier molecular flexibility index (Phi) is 9.53.